The first kappa shape index (κ1) is 9.15. The summed E-state index contributed by atoms with van der Waals surface area (Å²) in [7, 11) is 0. The van der Waals surface area contributed by atoms with Gasteiger partial charge in [0.25, 0.3) is 0 Å². The zero-order valence-electron chi connectivity index (χ0n) is 8.89. The molecule has 82 valence electrons. The molecule has 0 aliphatic carbocycles. The molecule has 5 nitrogen and oxygen atoms in total. The molecule has 2 unspecified atom stereocenters. The van der Waals surface area contributed by atoms with Crippen LogP contribution in [0.15, 0.2) is 4.52 Å². The standard InChI is InChI=1S/C10H16N4O/c1-6-12-10(15-13-6)14-8-2-3-9(14)5-7(11)4-8/h7-9H,2-5,11H2,1H3. The molecule has 5 heteroatoms. The Hall–Kier alpha value is -1.10. The van der Waals surface area contributed by atoms with Gasteiger partial charge in [-0.05, 0) is 32.6 Å². The lowest BCUT2D eigenvalue weighted by Crippen LogP contribution is -2.47. The molecule has 3 rings (SSSR count). The second-order valence-electron chi connectivity index (χ2n) is 4.65. The van der Waals surface area contributed by atoms with Crippen molar-refractivity contribution in [3.8, 4) is 0 Å². The molecular weight excluding hydrogens is 192 g/mol. The number of hydrogen-bond donors (Lipinski definition) is 1. The summed E-state index contributed by atoms with van der Waals surface area (Å²) in [5.74, 6) is 0.708. The fourth-order valence-corrected chi connectivity index (χ4v) is 2.92. The minimum absolute atomic E-state index is 0.350. The minimum Gasteiger partial charge on any atom is -0.328 e. The van der Waals surface area contributed by atoms with Crippen LogP contribution in [0.25, 0.3) is 0 Å². The lowest BCUT2D eigenvalue weighted by atomic mass is 9.99. The number of piperidine rings is 1. The Balaban J connectivity index is 1.88. The fraction of sp³-hybridized carbons (Fsp3) is 0.800. The molecule has 1 aromatic rings. The first-order valence-electron chi connectivity index (χ1n) is 5.58. The van der Waals surface area contributed by atoms with Gasteiger partial charge in [0.15, 0.2) is 5.82 Å². The van der Waals surface area contributed by atoms with Crippen molar-refractivity contribution in [3.05, 3.63) is 5.82 Å². The average Bonchev–Trinajstić information content (AvgIpc) is 2.69. The van der Waals surface area contributed by atoms with Crippen molar-refractivity contribution in [1.82, 2.24) is 10.1 Å². The maximum absolute atomic E-state index is 6.01. The van der Waals surface area contributed by atoms with Crippen LogP contribution in [0.5, 0.6) is 0 Å². The van der Waals surface area contributed by atoms with Gasteiger partial charge in [-0.3, -0.25) is 0 Å². The maximum atomic E-state index is 6.01. The topological polar surface area (TPSA) is 68.2 Å². The highest BCUT2D eigenvalue weighted by molar-refractivity contribution is 5.34. The molecule has 2 N–H and O–H groups in total. The SMILES string of the molecule is Cc1noc(N2C3CCC2CC(N)C3)n1. The van der Waals surface area contributed by atoms with Crippen LogP contribution in [0, 0.1) is 6.92 Å². The molecule has 2 aliphatic heterocycles. The Labute approximate surface area is 88.6 Å². The number of rotatable bonds is 1. The summed E-state index contributed by atoms with van der Waals surface area (Å²) >= 11 is 0. The van der Waals surface area contributed by atoms with E-state index >= 15 is 0 Å². The average molecular weight is 208 g/mol. The first-order valence-corrected chi connectivity index (χ1v) is 5.58. The van der Waals surface area contributed by atoms with Crippen LogP contribution in [-0.4, -0.2) is 28.3 Å². The predicted octanol–water partition coefficient (Wildman–Crippen LogP) is 0.837. The minimum atomic E-state index is 0.350. The van der Waals surface area contributed by atoms with Gasteiger partial charge >= 0.3 is 6.01 Å². The Morgan fingerprint density at radius 3 is 2.53 bits per heavy atom. The highest BCUT2D eigenvalue weighted by atomic mass is 16.5. The third kappa shape index (κ3) is 1.42. The molecular formula is C10H16N4O. The maximum Gasteiger partial charge on any atom is 0.324 e. The summed E-state index contributed by atoms with van der Waals surface area (Å²) in [6, 6.07) is 2.06. The summed E-state index contributed by atoms with van der Waals surface area (Å²) in [5, 5.41) is 3.85. The van der Waals surface area contributed by atoms with E-state index in [9.17, 15) is 0 Å². The number of nitrogens with zero attached hydrogens (tertiary/aromatic N) is 3. The zero-order valence-corrected chi connectivity index (χ0v) is 8.89. The number of hydrogen-bond acceptors (Lipinski definition) is 5. The van der Waals surface area contributed by atoms with Gasteiger partial charge < -0.3 is 15.2 Å². The Bertz CT molecular complexity index is 350. The van der Waals surface area contributed by atoms with Crippen LogP contribution in [0.3, 0.4) is 0 Å². The third-order valence-electron chi connectivity index (χ3n) is 3.51. The number of aryl methyl sites for hydroxylation is 1. The van der Waals surface area contributed by atoms with Gasteiger partial charge in [-0.25, -0.2) is 0 Å². The molecule has 0 radical (unpaired) electrons. The summed E-state index contributed by atoms with van der Waals surface area (Å²) in [6.45, 7) is 1.85. The van der Waals surface area contributed by atoms with Crippen molar-refractivity contribution >= 4 is 6.01 Å². The number of fused-ring (bicyclic) bond motifs is 2. The number of nitrogens with two attached hydrogens (primary N) is 1. The molecule has 1 aromatic heterocycles. The molecule has 2 fully saturated rings. The summed E-state index contributed by atoms with van der Waals surface area (Å²) in [4.78, 5) is 6.59. The summed E-state index contributed by atoms with van der Waals surface area (Å²) in [6.07, 6.45) is 4.52. The molecule has 2 saturated heterocycles. The zero-order chi connectivity index (χ0) is 10.4. The van der Waals surface area contributed by atoms with E-state index in [4.69, 9.17) is 10.3 Å². The molecule has 0 aromatic carbocycles. The Morgan fingerprint density at radius 2 is 2.00 bits per heavy atom. The van der Waals surface area contributed by atoms with Crippen molar-refractivity contribution in [2.75, 3.05) is 4.90 Å². The van der Waals surface area contributed by atoms with Crippen molar-refractivity contribution in [2.45, 2.75) is 50.7 Å². The van der Waals surface area contributed by atoms with Crippen LogP contribution in [0.2, 0.25) is 0 Å². The molecule has 0 amide bonds. The van der Waals surface area contributed by atoms with E-state index < -0.39 is 0 Å². The van der Waals surface area contributed by atoms with Crippen LogP contribution < -0.4 is 10.6 Å². The van der Waals surface area contributed by atoms with Crippen LogP contribution in [0.1, 0.15) is 31.5 Å². The summed E-state index contributed by atoms with van der Waals surface area (Å²) < 4.78 is 5.24. The van der Waals surface area contributed by atoms with E-state index in [0.717, 1.165) is 12.8 Å². The van der Waals surface area contributed by atoms with Gasteiger partial charge in [-0.1, -0.05) is 5.16 Å². The van der Waals surface area contributed by atoms with Crippen LogP contribution in [-0.2, 0) is 0 Å². The van der Waals surface area contributed by atoms with E-state index in [1.54, 1.807) is 0 Å². The van der Waals surface area contributed by atoms with Gasteiger partial charge in [0.1, 0.15) is 0 Å². The second-order valence-corrected chi connectivity index (χ2v) is 4.65. The molecule has 0 spiro atoms. The summed E-state index contributed by atoms with van der Waals surface area (Å²) in [5.41, 5.74) is 6.01. The first-order chi connectivity index (χ1) is 7.24. The molecule has 0 saturated carbocycles. The normalized spacial score (nSPS) is 34.8. The van der Waals surface area contributed by atoms with Crippen LogP contribution >= 0.6 is 0 Å². The van der Waals surface area contributed by atoms with Crippen LogP contribution in [0.4, 0.5) is 6.01 Å². The van der Waals surface area contributed by atoms with Crippen molar-refractivity contribution in [3.63, 3.8) is 0 Å². The second kappa shape index (κ2) is 3.20. The third-order valence-corrected chi connectivity index (χ3v) is 3.51. The fourth-order valence-electron chi connectivity index (χ4n) is 2.92. The molecule has 15 heavy (non-hydrogen) atoms. The molecule has 2 atom stereocenters. The Kier molecular flexibility index (Phi) is 1.95. The van der Waals surface area contributed by atoms with E-state index in [1.165, 1.54) is 12.8 Å². The van der Waals surface area contributed by atoms with Gasteiger partial charge in [0.05, 0.1) is 0 Å². The number of anilines is 1. The molecule has 2 aliphatic rings. The smallest absolute Gasteiger partial charge is 0.324 e. The van der Waals surface area contributed by atoms with Crippen molar-refractivity contribution in [1.29, 1.82) is 0 Å². The predicted molar refractivity (Wildman–Crippen MR) is 55.5 cm³/mol. The van der Waals surface area contributed by atoms with E-state index in [0.29, 0.717) is 30.0 Å². The van der Waals surface area contributed by atoms with Gasteiger partial charge in [-0.15, -0.1) is 0 Å². The van der Waals surface area contributed by atoms with E-state index in [-0.39, 0.29) is 0 Å². The number of aromatic nitrogens is 2. The quantitative estimate of drug-likeness (QED) is 0.740. The highest BCUT2D eigenvalue weighted by Gasteiger charge is 2.41. The Morgan fingerprint density at radius 1 is 1.33 bits per heavy atom. The van der Waals surface area contributed by atoms with Gasteiger partial charge in [0.2, 0.25) is 0 Å². The van der Waals surface area contributed by atoms with Gasteiger partial charge in [-0.2, -0.15) is 4.98 Å². The largest absolute Gasteiger partial charge is 0.328 e. The lowest BCUT2D eigenvalue weighted by Gasteiger charge is -2.36. The van der Waals surface area contributed by atoms with Crippen molar-refractivity contribution in [2.24, 2.45) is 5.73 Å². The van der Waals surface area contributed by atoms with E-state index in [1.807, 2.05) is 6.92 Å². The lowest BCUT2D eigenvalue weighted by molar-refractivity contribution is 0.352. The molecule has 3 heterocycles. The highest BCUT2D eigenvalue weighted by Crippen LogP contribution is 2.37. The molecule has 2 bridgehead atoms. The van der Waals surface area contributed by atoms with E-state index in [2.05, 4.69) is 15.0 Å². The van der Waals surface area contributed by atoms with Crippen molar-refractivity contribution < 1.29 is 4.52 Å². The monoisotopic (exact) mass is 208 g/mol. The van der Waals surface area contributed by atoms with Gasteiger partial charge in [0, 0.05) is 18.1 Å².